The van der Waals surface area contributed by atoms with E-state index in [2.05, 4.69) is 10.1 Å². The van der Waals surface area contributed by atoms with E-state index < -0.39 is 24.3 Å². The van der Waals surface area contributed by atoms with Crippen LogP contribution in [0.1, 0.15) is 5.56 Å². The van der Waals surface area contributed by atoms with Gasteiger partial charge in [0, 0.05) is 13.5 Å². The summed E-state index contributed by atoms with van der Waals surface area (Å²) in [6, 6.07) is 5.79. The van der Waals surface area contributed by atoms with E-state index in [1.807, 2.05) is 0 Å². The fourth-order valence-corrected chi connectivity index (χ4v) is 1.79. The quantitative estimate of drug-likeness (QED) is 0.362. The van der Waals surface area contributed by atoms with Gasteiger partial charge in [0.2, 0.25) is 0 Å². The SMILES string of the molecule is COCCOC(=O)Oc1ccc(C[C@@H]2NC(=O)OC2=O)cc1. The molecule has 1 aromatic rings. The Kier molecular flexibility index (Phi) is 5.31. The van der Waals surface area contributed by atoms with E-state index in [0.717, 1.165) is 5.56 Å². The van der Waals surface area contributed by atoms with Gasteiger partial charge in [-0.1, -0.05) is 12.1 Å². The van der Waals surface area contributed by atoms with Gasteiger partial charge in [0.15, 0.2) is 0 Å². The van der Waals surface area contributed by atoms with Gasteiger partial charge >= 0.3 is 18.2 Å². The van der Waals surface area contributed by atoms with Crippen LogP contribution < -0.4 is 10.1 Å². The van der Waals surface area contributed by atoms with Crippen molar-refractivity contribution in [3.8, 4) is 5.75 Å². The number of hydrogen-bond donors (Lipinski definition) is 1. The molecule has 0 spiro atoms. The molecule has 1 aromatic carbocycles. The van der Waals surface area contributed by atoms with Crippen molar-refractivity contribution in [2.75, 3.05) is 20.3 Å². The molecule has 22 heavy (non-hydrogen) atoms. The average molecular weight is 309 g/mol. The van der Waals surface area contributed by atoms with E-state index >= 15 is 0 Å². The van der Waals surface area contributed by atoms with Crippen LogP contribution in [-0.2, 0) is 25.4 Å². The summed E-state index contributed by atoms with van der Waals surface area (Å²) >= 11 is 0. The lowest BCUT2D eigenvalue weighted by atomic mass is 10.1. The second-order valence-electron chi connectivity index (χ2n) is 4.45. The maximum absolute atomic E-state index is 11.3. The van der Waals surface area contributed by atoms with E-state index in [1.54, 1.807) is 24.3 Å². The molecule has 0 unspecified atom stereocenters. The molecule has 1 atom stereocenters. The van der Waals surface area contributed by atoms with E-state index in [0.29, 0.717) is 12.2 Å². The third-order valence-corrected chi connectivity index (χ3v) is 2.84. The summed E-state index contributed by atoms with van der Waals surface area (Å²) in [6.45, 7) is 0.397. The number of hydrogen-bond acceptors (Lipinski definition) is 7. The van der Waals surface area contributed by atoms with Crippen LogP contribution in [0.2, 0.25) is 0 Å². The molecule has 8 nitrogen and oxygen atoms in total. The zero-order valence-electron chi connectivity index (χ0n) is 11.9. The van der Waals surface area contributed by atoms with Gasteiger partial charge in [-0.15, -0.1) is 0 Å². The highest BCUT2D eigenvalue weighted by Crippen LogP contribution is 2.15. The van der Waals surface area contributed by atoms with Crippen molar-refractivity contribution in [3.63, 3.8) is 0 Å². The van der Waals surface area contributed by atoms with Gasteiger partial charge in [-0.05, 0) is 17.7 Å². The minimum Gasteiger partial charge on any atom is -0.432 e. The Hall–Kier alpha value is -2.61. The lowest BCUT2D eigenvalue weighted by molar-refractivity contribution is -0.135. The van der Waals surface area contributed by atoms with E-state index in [4.69, 9.17) is 14.2 Å². The number of alkyl carbamates (subject to hydrolysis) is 1. The number of rotatable bonds is 6. The van der Waals surface area contributed by atoms with Gasteiger partial charge in [0.25, 0.3) is 0 Å². The zero-order valence-corrected chi connectivity index (χ0v) is 11.9. The lowest BCUT2D eigenvalue weighted by Crippen LogP contribution is -2.30. The van der Waals surface area contributed by atoms with E-state index in [9.17, 15) is 14.4 Å². The molecule has 8 heteroatoms. The van der Waals surface area contributed by atoms with Gasteiger partial charge < -0.3 is 24.3 Å². The van der Waals surface area contributed by atoms with Crippen LogP contribution in [0.3, 0.4) is 0 Å². The molecule has 0 aliphatic carbocycles. The van der Waals surface area contributed by atoms with Crippen LogP contribution in [0, 0.1) is 0 Å². The molecule has 2 rings (SSSR count). The van der Waals surface area contributed by atoms with Crippen LogP contribution in [-0.4, -0.2) is 44.6 Å². The molecular formula is C14H15NO7. The summed E-state index contributed by atoms with van der Waals surface area (Å²) < 4.78 is 18.8. The average Bonchev–Trinajstić information content (AvgIpc) is 2.79. The van der Waals surface area contributed by atoms with Crippen LogP contribution in [0.25, 0.3) is 0 Å². The van der Waals surface area contributed by atoms with Gasteiger partial charge in [-0.25, -0.2) is 14.4 Å². The minimum atomic E-state index is -0.823. The standard InChI is InChI=1S/C14H15NO7/c1-19-6-7-20-14(18)21-10-4-2-9(3-5-10)8-11-12(16)22-13(17)15-11/h2-5,11H,6-8H2,1H3,(H,15,17)/t11-/m0/s1. The Balaban J connectivity index is 1.84. The van der Waals surface area contributed by atoms with E-state index in [1.165, 1.54) is 7.11 Å². The van der Waals surface area contributed by atoms with Crippen LogP contribution in [0.15, 0.2) is 24.3 Å². The first-order valence-electron chi connectivity index (χ1n) is 6.53. The van der Waals surface area contributed by atoms with Crippen molar-refractivity contribution in [1.82, 2.24) is 5.32 Å². The summed E-state index contributed by atoms with van der Waals surface area (Å²) in [4.78, 5) is 33.5. The largest absolute Gasteiger partial charge is 0.513 e. The molecule has 0 radical (unpaired) electrons. The Labute approximate surface area is 126 Å². The van der Waals surface area contributed by atoms with Crippen LogP contribution >= 0.6 is 0 Å². The number of benzene rings is 1. The number of methoxy groups -OCH3 is 1. The molecule has 1 saturated heterocycles. The highest BCUT2D eigenvalue weighted by Gasteiger charge is 2.32. The molecule has 118 valence electrons. The van der Waals surface area contributed by atoms with Crippen molar-refractivity contribution < 1.29 is 33.3 Å². The summed E-state index contributed by atoms with van der Waals surface area (Å²) in [7, 11) is 1.50. The van der Waals surface area contributed by atoms with Gasteiger partial charge in [-0.3, -0.25) is 0 Å². The lowest BCUT2D eigenvalue weighted by Gasteiger charge is -2.08. The zero-order chi connectivity index (χ0) is 15.9. The summed E-state index contributed by atoms with van der Waals surface area (Å²) in [5, 5.41) is 2.40. The predicted molar refractivity (Wildman–Crippen MR) is 72.4 cm³/mol. The molecule has 1 amide bonds. The molecule has 0 saturated carbocycles. The number of carbonyl (C=O) groups is 3. The highest BCUT2D eigenvalue weighted by atomic mass is 16.7. The normalized spacial score (nSPS) is 16.9. The van der Waals surface area contributed by atoms with Crippen molar-refractivity contribution >= 4 is 18.2 Å². The Bertz CT molecular complexity index is 555. The molecular weight excluding hydrogens is 294 g/mol. The molecule has 1 heterocycles. The summed E-state index contributed by atoms with van der Waals surface area (Å²) in [5.74, 6) is -0.295. The van der Waals surface area contributed by atoms with E-state index in [-0.39, 0.29) is 13.2 Å². The fourth-order valence-electron chi connectivity index (χ4n) is 1.79. The first kappa shape index (κ1) is 15.8. The van der Waals surface area contributed by atoms with Gasteiger partial charge in [-0.2, -0.15) is 0 Å². The Morgan fingerprint density at radius 1 is 1.23 bits per heavy atom. The third-order valence-electron chi connectivity index (χ3n) is 2.84. The first-order chi connectivity index (χ1) is 10.6. The van der Waals surface area contributed by atoms with Crippen molar-refractivity contribution in [2.24, 2.45) is 0 Å². The second kappa shape index (κ2) is 7.41. The molecule has 1 fully saturated rings. The molecule has 1 N–H and O–H groups in total. The summed E-state index contributed by atoms with van der Waals surface area (Å²) in [6.07, 6.45) is -1.27. The van der Waals surface area contributed by atoms with Crippen molar-refractivity contribution in [3.05, 3.63) is 29.8 Å². The fraction of sp³-hybridized carbons (Fsp3) is 0.357. The molecule has 0 bridgehead atoms. The first-order valence-corrected chi connectivity index (χ1v) is 6.53. The smallest absolute Gasteiger partial charge is 0.432 e. The maximum Gasteiger partial charge on any atom is 0.513 e. The van der Waals surface area contributed by atoms with Crippen LogP contribution in [0.4, 0.5) is 9.59 Å². The number of ether oxygens (including phenoxy) is 4. The number of esters is 1. The van der Waals surface area contributed by atoms with Crippen LogP contribution in [0.5, 0.6) is 5.75 Å². The third kappa shape index (κ3) is 4.45. The Morgan fingerprint density at radius 2 is 1.95 bits per heavy atom. The second-order valence-corrected chi connectivity index (χ2v) is 4.45. The molecule has 1 aliphatic heterocycles. The number of amides is 1. The maximum atomic E-state index is 11.3. The highest BCUT2D eigenvalue weighted by molar-refractivity contribution is 5.95. The van der Waals surface area contributed by atoms with Crippen molar-refractivity contribution in [2.45, 2.75) is 12.5 Å². The predicted octanol–water partition coefficient (Wildman–Crippen LogP) is 1.03. The minimum absolute atomic E-state index is 0.108. The number of nitrogens with one attached hydrogen (secondary N) is 1. The topological polar surface area (TPSA) is 100 Å². The van der Waals surface area contributed by atoms with Gasteiger partial charge in [0.1, 0.15) is 18.4 Å². The number of cyclic esters (lactones) is 2. The Morgan fingerprint density at radius 3 is 2.55 bits per heavy atom. The number of carbonyl (C=O) groups excluding carboxylic acids is 3. The van der Waals surface area contributed by atoms with Crippen molar-refractivity contribution in [1.29, 1.82) is 0 Å². The monoisotopic (exact) mass is 309 g/mol. The van der Waals surface area contributed by atoms with Gasteiger partial charge in [0.05, 0.1) is 6.61 Å². The molecule has 0 aromatic heterocycles. The summed E-state index contributed by atoms with van der Waals surface area (Å²) in [5.41, 5.74) is 0.782. The molecule has 1 aliphatic rings.